The second kappa shape index (κ2) is 7.66. The molecule has 0 heterocycles. The zero-order valence-corrected chi connectivity index (χ0v) is 13.5. The van der Waals surface area contributed by atoms with Gasteiger partial charge in [-0.2, -0.15) is 0 Å². The number of ether oxygens (including phenoxy) is 2. The molecule has 1 aromatic rings. The van der Waals surface area contributed by atoms with E-state index in [1.165, 1.54) is 25.7 Å². The molecule has 0 amide bonds. The van der Waals surface area contributed by atoms with Crippen molar-refractivity contribution in [2.45, 2.75) is 31.2 Å². The van der Waals surface area contributed by atoms with Crippen molar-refractivity contribution >= 4 is 0 Å². The minimum absolute atomic E-state index is 0.347. The summed E-state index contributed by atoms with van der Waals surface area (Å²) < 4.78 is 10.9. The smallest absolute Gasteiger partial charge is 0.119 e. The lowest BCUT2D eigenvalue weighted by molar-refractivity contribution is 0.151. The number of likely N-dealkylation sites (N-methyl/N-ethyl adjacent to an activating group) is 1. The van der Waals surface area contributed by atoms with Gasteiger partial charge in [0.1, 0.15) is 18.1 Å². The maximum absolute atomic E-state index is 5.73. The van der Waals surface area contributed by atoms with Crippen LogP contribution in [0.3, 0.4) is 0 Å². The summed E-state index contributed by atoms with van der Waals surface area (Å²) in [6, 6.07) is 7.72. The Kier molecular flexibility index (Phi) is 5.88. The van der Waals surface area contributed by atoms with E-state index >= 15 is 0 Å². The largest absolute Gasteiger partial charge is 0.497 e. The predicted molar refractivity (Wildman–Crippen MR) is 86.2 cm³/mol. The second-order valence-corrected chi connectivity index (χ2v) is 6.03. The van der Waals surface area contributed by atoms with E-state index in [0.29, 0.717) is 12.1 Å². The van der Waals surface area contributed by atoms with Crippen molar-refractivity contribution in [3.05, 3.63) is 24.3 Å². The fourth-order valence-corrected chi connectivity index (χ4v) is 3.05. The fraction of sp³-hybridized carbons (Fsp3) is 0.647. The Morgan fingerprint density at radius 1 is 1.10 bits per heavy atom. The first kappa shape index (κ1) is 16.1. The number of methoxy groups -OCH3 is 1. The van der Waals surface area contributed by atoms with Crippen LogP contribution in [0.25, 0.3) is 0 Å². The average Bonchev–Trinajstić information content (AvgIpc) is 2.98. The lowest BCUT2D eigenvalue weighted by Gasteiger charge is -2.36. The van der Waals surface area contributed by atoms with Crippen LogP contribution in [0.4, 0.5) is 0 Å². The Morgan fingerprint density at radius 2 is 1.71 bits per heavy atom. The summed E-state index contributed by atoms with van der Waals surface area (Å²) in [7, 11) is 6.06. The molecule has 0 spiro atoms. The van der Waals surface area contributed by atoms with Crippen LogP contribution in [0.2, 0.25) is 0 Å². The third-order valence-corrected chi connectivity index (χ3v) is 4.54. The molecule has 1 aliphatic carbocycles. The van der Waals surface area contributed by atoms with Gasteiger partial charge in [0.15, 0.2) is 0 Å². The zero-order valence-electron chi connectivity index (χ0n) is 13.5. The van der Waals surface area contributed by atoms with E-state index in [-0.39, 0.29) is 0 Å². The first-order valence-corrected chi connectivity index (χ1v) is 7.81. The van der Waals surface area contributed by atoms with Crippen molar-refractivity contribution in [1.82, 2.24) is 10.2 Å². The van der Waals surface area contributed by atoms with E-state index in [1.807, 2.05) is 24.3 Å². The highest BCUT2D eigenvalue weighted by Crippen LogP contribution is 2.32. The van der Waals surface area contributed by atoms with Crippen molar-refractivity contribution < 1.29 is 9.47 Å². The summed E-state index contributed by atoms with van der Waals surface area (Å²) in [6.45, 7) is 2.61. The summed E-state index contributed by atoms with van der Waals surface area (Å²) in [5.41, 5.74) is 0.347. The normalized spacial score (nSPS) is 17.1. The highest BCUT2D eigenvalue weighted by Gasteiger charge is 2.35. The maximum Gasteiger partial charge on any atom is 0.119 e. The molecule has 1 saturated carbocycles. The summed E-state index contributed by atoms with van der Waals surface area (Å²) >= 11 is 0. The molecule has 0 saturated heterocycles. The number of nitrogens with one attached hydrogen (secondary N) is 1. The van der Waals surface area contributed by atoms with Crippen LogP contribution in [0.5, 0.6) is 11.5 Å². The molecule has 0 radical (unpaired) electrons. The molecule has 4 heteroatoms. The molecule has 118 valence electrons. The summed E-state index contributed by atoms with van der Waals surface area (Å²) in [5, 5.41) is 3.55. The third-order valence-electron chi connectivity index (χ3n) is 4.54. The Balaban J connectivity index is 1.67. The van der Waals surface area contributed by atoms with E-state index in [0.717, 1.165) is 24.6 Å². The predicted octanol–water partition coefficient (Wildman–Crippen LogP) is 2.54. The van der Waals surface area contributed by atoms with E-state index in [2.05, 4.69) is 24.3 Å². The maximum atomic E-state index is 5.73. The van der Waals surface area contributed by atoms with Crippen LogP contribution in [-0.2, 0) is 0 Å². The molecule has 2 rings (SSSR count). The van der Waals surface area contributed by atoms with Crippen molar-refractivity contribution in [3.8, 4) is 11.5 Å². The molecule has 21 heavy (non-hydrogen) atoms. The SMILES string of the molecule is COc1ccc(OCCNCC2(N(C)C)CCCC2)cc1. The minimum Gasteiger partial charge on any atom is -0.497 e. The van der Waals surface area contributed by atoms with Crippen LogP contribution < -0.4 is 14.8 Å². The van der Waals surface area contributed by atoms with Gasteiger partial charge in [-0.15, -0.1) is 0 Å². The molecule has 1 fully saturated rings. The van der Waals surface area contributed by atoms with Crippen LogP contribution in [0, 0.1) is 0 Å². The molecule has 0 aromatic heterocycles. The van der Waals surface area contributed by atoms with Gasteiger partial charge in [0.2, 0.25) is 0 Å². The van der Waals surface area contributed by atoms with Crippen LogP contribution in [0.15, 0.2) is 24.3 Å². The molecule has 4 nitrogen and oxygen atoms in total. The van der Waals surface area contributed by atoms with Crippen molar-refractivity contribution in [1.29, 1.82) is 0 Å². The first-order valence-electron chi connectivity index (χ1n) is 7.81. The quantitative estimate of drug-likeness (QED) is 0.747. The topological polar surface area (TPSA) is 33.7 Å². The highest BCUT2D eigenvalue weighted by atomic mass is 16.5. The first-order chi connectivity index (χ1) is 10.2. The van der Waals surface area contributed by atoms with Gasteiger partial charge in [-0.3, -0.25) is 0 Å². The monoisotopic (exact) mass is 292 g/mol. The Bertz CT molecular complexity index is 411. The van der Waals surface area contributed by atoms with Crippen molar-refractivity contribution in [2.75, 3.05) is 40.9 Å². The summed E-state index contributed by atoms with van der Waals surface area (Å²) in [5.74, 6) is 1.75. The van der Waals surface area contributed by atoms with Crippen LogP contribution in [0.1, 0.15) is 25.7 Å². The average molecular weight is 292 g/mol. The van der Waals surface area contributed by atoms with Crippen molar-refractivity contribution in [3.63, 3.8) is 0 Å². The van der Waals surface area contributed by atoms with Gasteiger partial charge in [-0.1, -0.05) is 12.8 Å². The van der Waals surface area contributed by atoms with Crippen LogP contribution in [-0.4, -0.2) is 51.3 Å². The molecule has 1 aliphatic rings. The van der Waals surface area contributed by atoms with Gasteiger partial charge in [0.25, 0.3) is 0 Å². The lowest BCUT2D eigenvalue weighted by atomic mass is 9.96. The molecule has 0 bridgehead atoms. The second-order valence-electron chi connectivity index (χ2n) is 6.03. The third kappa shape index (κ3) is 4.35. The van der Waals surface area contributed by atoms with Crippen LogP contribution >= 0.6 is 0 Å². The molecule has 0 unspecified atom stereocenters. The molecule has 1 N–H and O–H groups in total. The molecule has 1 aromatic carbocycles. The fourth-order valence-electron chi connectivity index (χ4n) is 3.05. The van der Waals surface area contributed by atoms with Gasteiger partial charge < -0.3 is 19.7 Å². The van der Waals surface area contributed by atoms with Gasteiger partial charge in [-0.25, -0.2) is 0 Å². The van der Waals surface area contributed by atoms with E-state index in [1.54, 1.807) is 7.11 Å². The number of benzene rings is 1. The molecule has 0 atom stereocenters. The molecular formula is C17H28N2O2. The van der Waals surface area contributed by atoms with Gasteiger partial charge in [0.05, 0.1) is 7.11 Å². The standard InChI is InChI=1S/C17H28N2O2/c1-19(2)17(10-4-5-11-17)14-18-12-13-21-16-8-6-15(20-3)7-9-16/h6-9,18H,4-5,10-14H2,1-3H3. The Labute approximate surface area is 128 Å². The summed E-state index contributed by atoms with van der Waals surface area (Å²) in [6.07, 6.45) is 5.29. The zero-order chi connectivity index (χ0) is 15.1. The van der Waals surface area contributed by atoms with E-state index in [9.17, 15) is 0 Å². The Morgan fingerprint density at radius 3 is 2.29 bits per heavy atom. The van der Waals surface area contributed by atoms with E-state index < -0.39 is 0 Å². The number of nitrogens with zero attached hydrogens (tertiary/aromatic N) is 1. The number of hydrogen-bond acceptors (Lipinski definition) is 4. The summed E-state index contributed by atoms with van der Waals surface area (Å²) in [4.78, 5) is 2.39. The highest BCUT2D eigenvalue weighted by molar-refractivity contribution is 5.31. The lowest BCUT2D eigenvalue weighted by Crippen LogP contribution is -2.50. The van der Waals surface area contributed by atoms with Crippen molar-refractivity contribution in [2.24, 2.45) is 0 Å². The van der Waals surface area contributed by atoms with Gasteiger partial charge in [-0.05, 0) is 51.2 Å². The Hall–Kier alpha value is -1.26. The van der Waals surface area contributed by atoms with Gasteiger partial charge >= 0.3 is 0 Å². The number of rotatable bonds is 8. The number of hydrogen-bond donors (Lipinski definition) is 1. The minimum atomic E-state index is 0.347. The molecular weight excluding hydrogens is 264 g/mol. The molecule has 0 aliphatic heterocycles. The van der Waals surface area contributed by atoms with E-state index in [4.69, 9.17) is 9.47 Å². The van der Waals surface area contributed by atoms with Gasteiger partial charge in [0, 0.05) is 18.6 Å².